The van der Waals surface area contributed by atoms with E-state index in [0.717, 1.165) is 22.6 Å². The molecule has 0 amide bonds. The number of hydrogen-bond acceptors (Lipinski definition) is 2. The molecule has 0 aliphatic carbocycles. The maximum Gasteiger partial charge on any atom is 0.0435 e. The molecule has 1 aromatic carbocycles. The minimum Gasteiger partial charge on any atom is -0.330 e. The average Bonchev–Trinajstić information content (AvgIpc) is 2.10. The summed E-state index contributed by atoms with van der Waals surface area (Å²) in [6.07, 6.45) is 0.807. The number of rotatable bonds is 3. The van der Waals surface area contributed by atoms with E-state index in [1.807, 2.05) is 25.1 Å². The van der Waals surface area contributed by atoms with Gasteiger partial charge in [0.1, 0.15) is 0 Å². The summed E-state index contributed by atoms with van der Waals surface area (Å²) in [5.41, 5.74) is 13.5. The zero-order chi connectivity index (χ0) is 9.84. The van der Waals surface area contributed by atoms with Gasteiger partial charge in [0.25, 0.3) is 0 Å². The summed E-state index contributed by atoms with van der Waals surface area (Å²) in [5, 5.41) is 0.781. The fraction of sp³-hybridized carbons (Fsp3) is 0.400. The quantitative estimate of drug-likeness (QED) is 0.781. The summed E-state index contributed by atoms with van der Waals surface area (Å²) < 4.78 is 0. The van der Waals surface area contributed by atoms with Crippen LogP contribution in [-0.2, 0) is 0 Å². The lowest BCUT2D eigenvalue weighted by Gasteiger charge is -2.11. The Kier molecular flexibility index (Phi) is 3.72. The van der Waals surface area contributed by atoms with Crippen molar-refractivity contribution < 1.29 is 0 Å². The first-order valence-electron chi connectivity index (χ1n) is 4.37. The highest BCUT2D eigenvalue weighted by molar-refractivity contribution is 6.31. The first-order chi connectivity index (χ1) is 6.15. The van der Waals surface area contributed by atoms with Crippen molar-refractivity contribution in [3.63, 3.8) is 0 Å². The standard InChI is InChI=1S/C10H15ClN2/c1-7-6-8(2-3-9(7)11)10(13)4-5-12/h2-3,6,10H,4-5,12-13H2,1H3/t10-/m1/s1. The van der Waals surface area contributed by atoms with Crippen molar-refractivity contribution in [2.75, 3.05) is 6.54 Å². The van der Waals surface area contributed by atoms with E-state index < -0.39 is 0 Å². The van der Waals surface area contributed by atoms with Gasteiger partial charge < -0.3 is 11.5 Å². The van der Waals surface area contributed by atoms with Crippen molar-refractivity contribution in [2.45, 2.75) is 19.4 Å². The Bertz CT molecular complexity index is 286. The summed E-state index contributed by atoms with van der Waals surface area (Å²) in [6.45, 7) is 2.59. The van der Waals surface area contributed by atoms with Gasteiger partial charge in [0.05, 0.1) is 0 Å². The molecule has 3 heteroatoms. The molecule has 0 aromatic heterocycles. The van der Waals surface area contributed by atoms with E-state index in [-0.39, 0.29) is 6.04 Å². The number of aryl methyl sites for hydroxylation is 1. The second-order valence-corrected chi connectivity index (χ2v) is 3.60. The van der Waals surface area contributed by atoms with Gasteiger partial charge in [0.15, 0.2) is 0 Å². The highest BCUT2D eigenvalue weighted by Crippen LogP contribution is 2.20. The van der Waals surface area contributed by atoms with Gasteiger partial charge in [-0.2, -0.15) is 0 Å². The molecule has 0 spiro atoms. The third-order valence-electron chi connectivity index (χ3n) is 2.09. The third kappa shape index (κ3) is 2.69. The van der Waals surface area contributed by atoms with Crippen LogP contribution in [0.25, 0.3) is 0 Å². The molecule has 72 valence electrons. The summed E-state index contributed by atoms with van der Waals surface area (Å²) in [4.78, 5) is 0. The molecule has 13 heavy (non-hydrogen) atoms. The molecule has 1 rings (SSSR count). The molecular formula is C10H15ClN2. The molecule has 0 aliphatic heterocycles. The minimum atomic E-state index is 0.0287. The second kappa shape index (κ2) is 4.61. The van der Waals surface area contributed by atoms with Crippen LogP contribution in [0.2, 0.25) is 5.02 Å². The minimum absolute atomic E-state index is 0.0287. The molecule has 1 aromatic rings. The predicted octanol–water partition coefficient (Wildman–Crippen LogP) is 2.00. The topological polar surface area (TPSA) is 52.0 Å². The van der Waals surface area contributed by atoms with Crippen molar-refractivity contribution in [3.8, 4) is 0 Å². The average molecular weight is 199 g/mol. The summed E-state index contributed by atoms with van der Waals surface area (Å²) in [7, 11) is 0. The normalized spacial score (nSPS) is 12.9. The van der Waals surface area contributed by atoms with Crippen LogP contribution in [0.3, 0.4) is 0 Å². The Morgan fingerprint density at radius 1 is 1.46 bits per heavy atom. The summed E-state index contributed by atoms with van der Waals surface area (Å²) in [5.74, 6) is 0. The first kappa shape index (κ1) is 10.5. The van der Waals surface area contributed by atoms with E-state index in [0.29, 0.717) is 6.54 Å². The molecule has 0 unspecified atom stereocenters. The number of hydrogen-bond donors (Lipinski definition) is 2. The summed E-state index contributed by atoms with van der Waals surface area (Å²) in [6, 6.07) is 5.88. The Morgan fingerprint density at radius 2 is 2.15 bits per heavy atom. The molecular weight excluding hydrogens is 184 g/mol. The molecule has 4 N–H and O–H groups in total. The van der Waals surface area contributed by atoms with Gasteiger partial charge in [0.2, 0.25) is 0 Å². The fourth-order valence-corrected chi connectivity index (χ4v) is 1.36. The highest BCUT2D eigenvalue weighted by Gasteiger charge is 2.05. The van der Waals surface area contributed by atoms with Crippen LogP contribution in [0, 0.1) is 6.92 Å². The van der Waals surface area contributed by atoms with Crippen LogP contribution in [0.4, 0.5) is 0 Å². The van der Waals surface area contributed by atoms with Crippen LogP contribution < -0.4 is 11.5 Å². The van der Waals surface area contributed by atoms with E-state index in [1.165, 1.54) is 0 Å². The van der Waals surface area contributed by atoms with Gasteiger partial charge in [-0.15, -0.1) is 0 Å². The SMILES string of the molecule is Cc1cc([C@H](N)CCN)ccc1Cl. The largest absolute Gasteiger partial charge is 0.330 e. The van der Waals surface area contributed by atoms with Crippen LogP contribution in [-0.4, -0.2) is 6.54 Å². The van der Waals surface area contributed by atoms with Crippen LogP contribution >= 0.6 is 11.6 Å². The smallest absolute Gasteiger partial charge is 0.0435 e. The van der Waals surface area contributed by atoms with Crippen LogP contribution in [0.15, 0.2) is 18.2 Å². The first-order valence-corrected chi connectivity index (χ1v) is 4.74. The van der Waals surface area contributed by atoms with Gasteiger partial charge in [-0.1, -0.05) is 23.7 Å². The third-order valence-corrected chi connectivity index (χ3v) is 2.51. The van der Waals surface area contributed by atoms with E-state index in [9.17, 15) is 0 Å². The Hall–Kier alpha value is -0.570. The van der Waals surface area contributed by atoms with Crippen molar-refractivity contribution >= 4 is 11.6 Å². The van der Waals surface area contributed by atoms with Crippen molar-refractivity contribution in [1.29, 1.82) is 0 Å². The maximum absolute atomic E-state index is 5.90. The molecule has 0 saturated carbocycles. The predicted molar refractivity (Wildman–Crippen MR) is 56.8 cm³/mol. The zero-order valence-electron chi connectivity index (χ0n) is 7.76. The van der Waals surface area contributed by atoms with Crippen molar-refractivity contribution in [2.24, 2.45) is 11.5 Å². The number of benzene rings is 1. The highest BCUT2D eigenvalue weighted by atomic mass is 35.5. The lowest BCUT2D eigenvalue weighted by Crippen LogP contribution is -2.15. The van der Waals surface area contributed by atoms with E-state index in [4.69, 9.17) is 23.1 Å². The Balaban J connectivity index is 2.84. The van der Waals surface area contributed by atoms with Gasteiger partial charge in [0, 0.05) is 11.1 Å². The van der Waals surface area contributed by atoms with Crippen LogP contribution in [0.1, 0.15) is 23.6 Å². The second-order valence-electron chi connectivity index (χ2n) is 3.19. The molecule has 0 heterocycles. The Morgan fingerprint density at radius 3 is 2.69 bits per heavy atom. The molecule has 2 nitrogen and oxygen atoms in total. The van der Waals surface area contributed by atoms with Gasteiger partial charge in [-0.3, -0.25) is 0 Å². The maximum atomic E-state index is 5.90. The van der Waals surface area contributed by atoms with E-state index in [1.54, 1.807) is 0 Å². The zero-order valence-corrected chi connectivity index (χ0v) is 8.51. The van der Waals surface area contributed by atoms with Crippen LogP contribution in [0.5, 0.6) is 0 Å². The van der Waals surface area contributed by atoms with Crippen molar-refractivity contribution in [1.82, 2.24) is 0 Å². The van der Waals surface area contributed by atoms with E-state index in [2.05, 4.69) is 0 Å². The molecule has 1 atom stereocenters. The molecule has 0 saturated heterocycles. The van der Waals surface area contributed by atoms with Crippen molar-refractivity contribution in [3.05, 3.63) is 34.3 Å². The lowest BCUT2D eigenvalue weighted by atomic mass is 10.0. The molecule has 0 radical (unpaired) electrons. The number of nitrogens with two attached hydrogens (primary N) is 2. The molecule has 0 aliphatic rings. The van der Waals surface area contributed by atoms with Gasteiger partial charge >= 0.3 is 0 Å². The van der Waals surface area contributed by atoms with Gasteiger partial charge in [-0.25, -0.2) is 0 Å². The van der Waals surface area contributed by atoms with Gasteiger partial charge in [-0.05, 0) is 37.1 Å². The summed E-state index contributed by atoms with van der Waals surface area (Å²) >= 11 is 5.90. The molecule has 0 bridgehead atoms. The Labute approximate surface area is 83.9 Å². The number of halogens is 1. The lowest BCUT2D eigenvalue weighted by molar-refractivity contribution is 0.661. The monoisotopic (exact) mass is 198 g/mol. The molecule has 0 fully saturated rings. The fourth-order valence-electron chi connectivity index (χ4n) is 1.24. The van der Waals surface area contributed by atoms with E-state index >= 15 is 0 Å².